The molecule has 0 aliphatic carbocycles. The topological polar surface area (TPSA) is 6.48 Å². The predicted octanol–water partition coefficient (Wildman–Crippen LogP) is 12.4. The van der Waals surface area contributed by atoms with Gasteiger partial charge in [-0.1, -0.05) is 188 Å². The van der Waals surface area contributed by atoms with Gasteiger partial charge >= 0.3 is 0 Å². The van der Waals surface area contributed by atoms with Crippen molar-refractivity contribution in [2.75, 3.05) is 9.80 Å². The Morgan fingerprint density at radius 3 is 1.33 bits per heavy atom. The van der Waals surface area contributed by atoms with Gasteiger partial charge in [0.2, 0.25) is 0 Å². The Labute approximate surface area is 334 Å². The highest BCUT2D eigenvalue weighted by Crippen LogP contribution is 2.49. The van der Waals surface area contributed by atoms with Gasteiger partial charge in [0.15, 0.2) is 0 Å². The lowest BCUT2D eigenvalue weighted by Crippen LogP contribution is -2.62. The zero-order valence-corrected chi connectivity index (χ0v) is 31.3. The predicted molar refractivity (Wildman–Crippen MR) is 242 cm³/mol. The molecule has 0 N–H and O–H groups in total. The van der Waals surface area contributed by atoms with E-state index in [2.05, 4.69) is 234 Å². The van der Waals surface area contributed by atoms with E-state index in [0.717, 1.165) is 11.4 Å². The van der Waals surface area contributed by atoms with Crippen molar-refractivity contribution in [3.8, 4) is 44.5 Å². The molecule has 0 radical (unpaired) electrons. The summed E-state index contributed by atoms with van der Waals surface area (Å²) < 4.78 is 0. The molecule has 9 aromatic carbocycles. The minimum Gasteiger partial charge on any atom is -0.311 e. The summed E-state index contributed by atoms with van der Waals surface area (Å²) in [5, 5.41) is 0. The molecule has 0 aromatic heterocycles. The minimum atomic E-state index is -0.0266. The third kappa shape index (κ3) is 5.43. The summed E-state index contributed by atoms with van der Waals surface area (Å²) in [6.45, 7) is -0.0266. The molecule has 0 amide bonds. The zero-order valence-electron chi connectivity index (χ0n) is 31.3. The van der Waals surface area contributed by atoms with Crippen LogP contribution in [0.1, 0.15) is 0 Å². The second kappa shape index (κ2) is 13.7. The summed E-state index contributed by atoms with van der Waals surface area (Å²) in [4.78, 5) is 5.06. The summed E-state index contributed by atoms with van der Waals surface area (Å²) in [5.74, 6) is 0. The Hall–Kier alpha value is -7.36. The van der Waals surface area contributed by atoms with Gasteiger partial charge in [0.05, 0.1) is 5.69 Å². The molecule has 0 saturated carbocycles. The summed E-state index contributed by atoms with van der Waals surface area (Å²) in [6, 6.07) is 82.0. The van der Waals surface area contributed by atoms with Gasteiger partial charge < -0.3 is 9.80 Å². The van der Waals surface area contributed by atoms with E-state index in [0.29, 0.717) is 0 Å². The van der Waals surface area contributed by atoms with Crippen molar-refractivity contribution in [2.45, 2.75) is 0 Å². The molecular weight excluding hydrogens is 687 g/mol. The first-order valence-corrected chi connectivity index (χ1v) is 19.7. The number of rotatable bonds is 6. The van der Waals surface area contributed by atoms with E-state index < -0.39 is 0 Å². The molecule has 57 heavy (non-hydrogen) atoms. The van der Waals surface area contributed by atoms with Gasteiger partial charge in [-0.15, -0.1) is 0 Å². The van der Waals surface area contributed by atoms with Crippen LogP contribution in [0.15, 0.2) is 224 Å². The van der Waals surface area contributed by atoms with Crippen molar-refractivity contribution in [1.29, 1.82) is 0 Å². The number of benzene rings is 9. The molecule has 0 spiro atoms. The lowest BCUT2D eigenvalue weighted by Gasteiger charge is -2.45. The van der Waals surface area contributed by atoms with E-state index in [4.69, 9.17) is 0 Å². The zero-order chi connectivity index (χ0) is 37.7. The monoisotopic (exact) mass is 724 g/mol. The number of hydrogen-bond donors (Lipinski definition) is 0. The number of hydrogen-bond acceptors (Lipinski definition) is 2. The van der Waals surface area contributed by atoms with E-state index in [-0.39, 0.29) is 6.71 Å². The fourth-order valence-electron chi connectivity index (χ4n) is 9.24. The van der Waals surface area contributed by atoms with E-state index >= 15 is 0 Å². The van der Waals surface area contributed by atoms with E-state index in [1.54, 1.807) is 0 Å². The van der Waals surface area contributed by atoms with E-state index in [1.165, 1.54) is 83.6 Å². The largest absolute Gasteiger partial charge is 0.311 e. The Bertz CT molecular complexity index is 2890. The van der Waals surface area contributed by atoms with Crippen molar-refractivity contribution < 1.29 is 0 Å². The number of nitrogens with zero attached hydrogens (tertiary/aromatic N) is 2. The second-order valence-corrected chi connectivity index (χ2v) is 14.8. The van der Waals surface area contributed by atoms with E-state index in [9.17, 15) is 0 Å². The molecule has 2 heterocycles. The normalized spacial score (nSPS) is 12.5. The Morgan fingerprint density at radius 1 is 0.263 bits per heavy atom. The Morgan fingerprint density at radius 2 is 0.684 bits per heavy atom. The molecule has 0 fully saturated rings. The highest BCUT2D eigenvalue weighted by molar-refractivity contribution is 7.01. The standard InChI is InChI=1S/C54H37BN2/c1-5-18-38(19-6-1)39-34-36-43(37-35-39)56-49-31-16-27-45(41-22-9-3-10-23-41)52(49)55-47-29-15-28-46(42-24-11-4-12-25-42)54(47)57(51-33-17-32-50(56)53(51)55)48-30-14-13-26-44(48)40-20-7-2-8-21-40/h1-37H. The molecule has 2 nitrogen and oxygen atoms in total. The second-order valence-electron chi connectivity index (χ2n) is 14.8. The SMILES string of the molecule is c1ccc(-c2ccc(N3c4cccc(-c5ccccc5)c4B4c5cccc(-c6ccccc6)c5N(c5ccccc5-c5ccccc5)c5cccc3c54)cc2)cc1. The smallest absolute Gasteiger partial charge is 0.252 e. The van der Waals surface area contributed by atoms with Crippen molar-refractivity contribution in [3.05, 3.63) is 224 Å². The van der Waals surface area contributed by atoms with Crippen LogP contribution < -0.4 is 26.2 Å². The van der Waals surface area contributed by atoms with Gasteiger partial charge in [0, 0.05) is 39.6 Å². The van der Waals surface area contributed by atoms with Crippen LogP contribution in [0.2, 0.25) is 0 Å². The van der Waals surface area contributed by atoms with Crippen molar-refractivity contribution in [1.82, 2.24) is 0 Å². The van der Waals surface area contributed by atoms with Gasteiger partial charge in [0.25, 0.3) is 6.71 Å². The summed E-state index contributed by atoms with van der Waals surface area (Å²) in [5.41, 5.74) is 20.7. The lowest BCUT2D eigenvalue weighted by atomic mass is 9.32. The van der Waals surface area contributed by atoms with Gasteiger partial charge in [-0.25, -0.2) is 0 Å². The maximum absolute atomic E-state index is 2.56. The van der Waals surface area contributed by atoms with Crippen molar-refractivity contribution in [2.24, 2.45) is 0 Å². The van der Waals surface area contributed by atoms with Gasteiger partial charge in [-0.05, 0) is 86.2 Å². The van der Waals surface area contributed by atoms with Crippen LogP contribution in [0.4, 0.5) is 34.1 Å². The quantitative estimate of drug-likeness (QED) is 0.158. The minimum absolute atomic E-state index is 0.0266. The average Bonchev–Trinajstić information content (AvgIpc) is 3.30. The first-order valence-electron chi connectivity index (χ1n) is 19.7. The maximum atomic E-state index is 2.56. The molecule has 0 atom stereocenters. The van der Waals surface area contributed by atoms with Crippen LogP contribution in [0.25, 0.3) is 44.5 Å². The van der Waals surface area contributed by atoms with Crippen LogP contribution in [-0.2, 0) is 0 Å². The fraction of sp³-hybridized carbons (Fsp3) is 0. The van der Waals surface area contributed by atoms with E-state index in [1.807, 2.05) is 0 Å². The third-order valence-electron chi connectivity index (χ3n) is 11.7. The first kappa shape index (κ1) is 33.0. The van der Waals surface area contributed by atoms with Crippen molar-refractivity contribution >= 4 is 57.2 Å². The first-order chi connectivity index (χ1) is 28.3. The molecule has 2 aliphatic rings. The molecule has 2 aliphatic heterocycles. The molecule has 0 unspecified atom stereocenters. The van der Waals surface area contributed by atoms with Crippen LogP contribution in [0.3, 0.4) is 0 Å². The van der Waals surface area contributed by atoms with Crippen LogP contribution >= 0.6 is 0 Å². The molecule has 0 bridgehead atoms. The van der Waals surface area contributed by atoms with Gasteiger partial charge in [0.1, 0.15) is 0 Å². The molecule has 11 rings (SSSR count). The number of para-hydroxylation sites is 2. The summed E-state index contributed by atoms with van der Waals surface area (Å²) in [6.07, 6.45) is 0. The Balaban J connectivity index is 1.23. The third-order valence-corrected chi connectivity index (χ3v) is 11.7. The highest BCUT2D eigenvalue weighted by atomic mass is 15.2. The van der Waals surface area contributed by atoms with Crippen LogP contribution in [0, 0.1) is 0 Å². The van der Waals surface area contributed by atoms with Crippen molar-refractivity contribution in [3.63, 3.8) is 0 Å². The number of fused-ring (bicyclic) bond motifs is 4. The number of anilines is 6. The fourth-order valence-corrected chi connectivity index (χ4v) is 9.24. The van der Waals surface area contributed by atoms with Gasteiger partial charge in [-0.2, -0.15) is 0 Å². The summed E-state index contributed by atoms with van der Waals surface area (Å²) >= 11 is 0. The van der Waals surface area contributed by atoms with Crippen LogP contribution in [0.5, 0.6) is 0 Å². The average molecular weight is 725 g/mol. The van der Waals surface area contributed by atoms with Crippen LogP contribution in [-0.4, -0.2) is 6.71 Å². The maximum Gasteiger partial charge on any atom is 0.252 e. The molecule has 266 valence electrons. The lowest BCUT2D eigenvalue weighted by molar-refractivity contribution is 1.25. The highest BCUT2D eigenvalue weighted by Gasteiger charge is 2.45. The molecule has 0 saturated heterocycles. The molecule has 9 aromatic rings. The molecular formula is C54H37BN2. The molecule has 3 heteroatoms. The Kier molecular flexibility index (Phi) is 7.96. The van der Waals surface area contributed by atoms with Gasteiger partial charge in [-0.3, -0.25) is 0 Å². The summed E-state index contributed by atoms with van der Waals surface area (Å²) in [7, 11) is 0.